The van der Waals surface area contributed by atoms with Gasteiger partial charge in [0.15, 0.2) is 5.78 Å². The molecule has 2 rings (SSSR count). The van der Waals surface area contributed by atoms with E-state index < -0.39 is 0 Å². The van der Waals surface area contributed by atoms with Crippen molar-refractivity contribution >= 4 is 52.2 Å². The Labute approximate surface area is 167 Å². The van der Waals surface area contributed by atoms with Gasteiger partial charge in [-0.3, -0.25) is 19.3 Å². The summed E-state index contributed by atoms with van der Waals surface area (Å²) in [6.07, 6.45) is 0. The third-order valence-electron chi connectivity index (χ3n) is 3.63. The first kappa shape index (κ1) is 20.9. The molecule has 2 N–H and O–H groups in total. The zero-order valence-corrected chi connectivity index (χ0v) is 16.4. The minimum absolute atomic E-state index is 0.0120. The fourth-order valence-electron chi connectivity index (χ4n) is 2.33. The predicted octanol–water partition coefficient (Wildman–Crippen LogP) is 3.71. The summed E-state index contributed by atoms with van der Waals surface area (Å²) >= 11 is 12.0. The summed E-state index contributed by atoms with van der Waals surface area (Å²) in [4.78, 5) is 37.0. The number of para-hydroxylation sites is 1. The fourth-order valence-corrected chi connectivity index (χ4v) is 2.82. The summed E-state index contributed by atoms with van der Waals surface area (Å²) in [5, 5.41) is 6.03. The zero-order valence-electron chi connectivity index (χ0n) is 14.9. The highest BCUT2D eigenvalue weighted by molar-refractivity contribution is 6.39. The normalized spacial score (nSPS) is 10.6. The molecule has 0 bridgehead atoms. The topological polar surface area (TPSA) is 78.5 Å². The van der Waals surface area contributed by atoms with Crippen molar-refractivity contribution in [3.8, 4) is 0 Å². The molecule has 0 aromatic heterocycles. The first-order valence-electron chi connectivity index (χ1n) is 8.09. The van der Waals surface area contributed by atoms with Gasteiger partial charge in [0.05, 0.1) is 28.8 Å². The van der Waals surface area contributed by atoms with Crippen LogP contribution in [0.3, 0.4) is 0 Å². The van der Waals surface area contributed by atoms with E-state index in [4.69, 9.17) is 23.2 Å². The lowest BCUT2D eigenvalue weighted by Crippen LogP contribution is -2.36. The van der Waals surface area contributed by atoms with Crippen LogP contribution in [-0.4, -0.2) is 42.6 Å². The molecule has 0 aliphatic carbocycles. The third kappa shape index (κ3) is 6.36. The van der Waals surface area contributed by atoms with Gasteiger partial charge < -0.3 is 10.6 Å². The molecule has 142 valence electrons. The zero-order chi connectivity index (χ0) is 20.0. The van der Waals surface area contributed by atoms with Crippen LogP contribution in [0, 0.1) is 0 Å². The average Bonchev–Trinajstić information content (AvgIpc) is 2.58. The molecular formula is C19H19Cl2N3O3. The van der Waals surface area contributed by atoms with Crippen molar-refractivity contribution in [2.75, 3.05) is 30.8 Å². The number of ketones is 1. The molecule has 0 aliphatic rings. The van der Waals surface area contributed by atoms with Crippen LogP contribution in [0.5, 0.6) is 0 Å². The molecule has 0 spiro atoms. The summed E-state index contributed by atoms with van der Waals surface area (Å²) in [6.45, 7) is 1.47. The molecule has 6 nitrogen and oxygen atoms in total. The van der Waals surface area contributed by atoms with Crippen LogP contribution in [0.25, 0.3) is 0 Å². The number of rotatable bonds is 7. The summed E-state index contributed by atoms with van der Waals surface area (Å²) in [5.41, 5.74) is 1.49. The fraction of sp³-hybridized carbons (Fsp3) is 0.211. The lowest BCUT2D eigenvalue weighted by Gasteiger charge is -2.17. The predicted molar refractivity (Wildman–Crippen MR) is 108 cm³/mol. The molecule has 0 unspecified atom stereocenters. The number of carbonyl (C=O) groups excluding carboxylic acids is 3. The largest absolute Gasteiger partial charge is 0.325 e. The second kappa shape index (κ2) is 9.50. The Morgan fingerprint density at radius 3 is 1.93 bits per heavy atom. The second-order valence-electron chi connectivity index (χ2n) is 6.00. The van der Waals surface area contributed by atoms with E-state index in [0.717, 1.165) is 0 Å². The van der Waals surface area contributed by atoms with Gasteiger partial charge in [0.2, 0.25) is 11.8 Å². The Balaban J connectivity index is 1.85. The van der Waals surface area contributed by atoms with Crippen LogP contribution in [0.2, 0.25) is 10.0 Å². The number of hydrogen-bond acceptors (Lipinski definition) is 4. The number of anilines is 2. The quantitative estimate of drug-likeness (QED) is 0.685. The van der Waals surface area contributed by atoms with Crippen molar-refractivity contribution in [3.63, 3.8) is 0 Å². The first-order valence-corrected chi connectivity index (χ1v) is 8.85. The van der Waals surface area contributed by atoms with Gasteiger partial charge in [-0.1, -0.05) is 29.3 Å². The smallest absolute Gasteiger partial charge is 0.238 e. The van der Waals surface area contributed by atoms with E-state index in [1.165, 1.54) is 6.92 Å². The first-order chi connectivity index (χ1) is 12.8. The number of carbonyl (C=O) groups is 3. The van der Waals surface area contributed by atoms with Crippen molar-refractivity contribution < 1.29 is 14.4 Å². The Morgan fingerprint density at radius 2 is 1.41 bits per heavy atom. The number of likely N-dealkylation sites (N-methyl/N-ethyl adjacent to an activating group) is 1. The maximum Gasteiger partial charge on any atom is 0.238 e. The maximum absolute atomic E-state index is 12.1. The van der Waals surface area contributed by atoms with E-state index in [9.17, 15) is 14.4 Å². The highest BCUT2D eigenvalue weighted by atomic mass is 35.5. The van der Waals surface area contributed by atoms with Crippen molar-refractivity contribution in [3.05, 3.63) is 58.1 Å². The third-order valence-corrected chi connectivity index (χ3v) is 4.26. The average molecular weight is 408 g/mol. The molecule has 0 aliphatic heterocycles. The van der Waals surface area contributed by atoms with Gasteiger partial charge in [0.25, 0.3) is 0 Å². The van der Waals surface area contributed by atoms with Gasteiger partial charge in [-0.25, -0.2) is 0 Å². The molecular weight excluding hydrogens is 389 g/mol. The number of benzene rings is 2. The summed E-state index contributed by atoms with van der Waals surface area (Å²) in [5.74, 6) is -0.667. The number of nitrogens with one attached hydrogen (secondary N) is 2. The standard InChI is InChI=1S/C19H19Cl2N3O3/c1-12(25)13-6-8-14(9-7-13)22-17(26)10-24(2)11-18(27)23-19-15(20)4-3-5-16(19)21/h3-9H,10-11H2,1-2H3,(H,22,26)(H,23,27). The second-order valence-corrected chi connectivity index (χ2v) is 6.81. The van der Waals surface area contributed by atoms with E-state index in [1.54, 1.807) is 54.4 Å². The van der Waals surface area contributed by atoms with Crippen LogP contribution in [0.15, 0.2) is 42.5 Å². The number of amides is 2. The van der Waals surface area contributed by atoms with E-state index in [1.807, 2.05) is 0 Å². The molecule has 0 atom stereocenters. The van der Waals surface area contributed by atoms with Crippen LogP contribution in [0.1, 0.15) is 17.3 Å². The van der Waals surface area contributed by atoms with Gasteiger partial charge in [-0.05, 0) is 50.4 Å². The van der Waals surface area contributed by atoms with Crippen LogP contribution in [-0.2, 0) is 9.59 Å². The van der Waals surface area contributed by atoms with Crippen molar-refractivity contribution in [1.82, 2.24) is 4.90 Å². The molecule has 8 heteroatoms. The SMILES string of the molecule is CC(=O)c1ccc(NC(=O)CN(C)CC(=O)Nc2c(Cl)cccc2Cl)cc1. The molecule has 0 radical (unpaired) electrons. The Kier molecular flexibility index (Phi) is 7.36. The summed E-state index contributed by atoms with van der Waals surface area (Å²) in [6, 6.07) is 11.5. The highest BCUT2D eigenvalue weighted by Gasteiger charge is 2.14. The Hall–Kier alpha value is -2.41. The van der Waals surface area contributed by atoms with E-state index in [-0.39, 0.29) is 30.7 Å². The van der Waals surface area contributed by atoms with Crippen LogP contribution < -0.4 is 10.6 Å². The highest BCUT2D eigenvalue weighted by Crippen LogP contribution is 2.29. The molecule has 0 saturated carbocycles. The molecule has 2 aromatic carbocycles. The minimum Gasteiger partial charge on any atom is -0.325 e. The molecule has 0 heterocycles. The molecule has 0 fully saturated rings. The summed E-state index contributed by atoms with van der Waals surface area (Å²) < 4.78 is 0. The number of halogens is 2. The molecule has 2 amide bonds. The van der Waals surface area contributed by atoms with Crippen molar-refractivity contribution in [2.45, 2.75) is 6.92 Å². The van der Waals surface area contributed by atoms with Gasteiger partial charge in [-0.2, -0.15) is 0 Å². The number of hydrogen-bond donors (Lipinski definition) is 2. The van der Waals surface area contributed by atoms with E-state index in [0.29, 0.717) is 27.0 Å². The number of Topliss-reactive ketones (excluding diaryl/α,β-unsaturated/α-hetero) is 1. The monoisotopic (exact) mass is 407 g/mol. The van der Waals surface area contributed by atoms with Crippen molar-refractivity contribution in [1.29, 1.82) is 0 Å². The van der Waals surface area contributed by atoms with E-state index >= 15 is 0 Å². The summed E-state index contributed by atoms with van der Waals surface area (Å²) in [7, 11) is 1.65. The van der Waals surface area contributed by atoms with Gasteiger partial charge in [0, 0.05) is 11.3 Å². The van der Waals surface area contributed by atoms with Crippen LogP contribution >= 0.6 is 23.2 Å². The lowest BCUT2D eigenvalue weighted by atomic mass is 10.1. The molecule has 0 saturated heterocycles. The van der Waals surface area contributed by atoms with Gasteiger partial charge in [0.1, 0.15) is 0 Å². The van der Waals surface area contributed by atoms with Crippen LogP contribution in [0.4, 0.5) is 11.4 Å². The molecule has 27 heavy (non-hydrogen) atoms. The van der Waals surface area contributed by atoms with Crippen molar-refractivity contribution in [2.24, 2.45) is 0 Å². The minimum atomic E-state index is -0.342. The maximum atomic E-state index is 12.1. The number of nitrogens with zero attached hydrogens (tertiary/aromatic N) is 1. The molecule has 2 aromatic rings. The van der Waals surface area contributed by atoms with Gasteiger partial charge >= 0.3 is 0 Å². The van der Waals surface area contributed by atoms with Gasteiger partial charge in [-0.15, -0.1) is 0 Å². The Bertz CT molecular complexity index is 834. The Morgan fingerprint density at radius 1 is 0.889 bits per heavy atom. The van der Waals surface area contributed by atoms with E-state index in [2.05, 4.69) is 10.6 Å². The lowest BCUT2D eigenvalue weighted by molar-refractivity contribution is -0.119.